The van der Waals surface area contributed by atoms with Crippen molar-refractivity contribution in [3.8, 4) is 11.5 Å². The fourth-order valence-corrected chi connectivity index (χ4v) is 3.69. The normalized spacial score (nSPS) is 10.5. The molecule has 4 heteroatoms. The first kappa shape index (κ1) is 22.7. The zero-order valence-electron chi connectivity index (χ0n) is 18.7. The number of hydrogen-bond acceptors (Lipinski definition) is 4. The van der Waals surface area contributed by atoms with Crippen molar-refractivity contribution < 1.29 is 19.1 Å². The number of para-hydroxylation sites is 1. The van der Waals surface area contributed by atoms with Gasteiger partial charge in [-0.3, -0.25) is 0 Å². The lowest BCUT2D eigenvalue weighted by Gasteiger charge is -2.12. The van der Waals surface area contributed by atoms with E-state index >= 15 is 0 Å². The fourth-order valence-electron chi connectivity index (χ4n) is 3.69. The average Bonchev–Trinajstić information content (AvgIpc) is 2.86. The minimum atomic E-state index is -0.553. The molecule has 0 amide bonds. The van der Waals surface area contributed by atoms with E-state index in [4.69, 9.17) is 9.47 Å². The Hall–Kier alpha value is -4.44. The molecular formula is C30H24O4. The number of carbonyl (C=O) groups excluding carboxylic acids is 2. The Morgan fingerprint density at radius 2 is 1.18 bits per heavy atom. The van der Waals surface area contributed by atoms with Gasteiger partial charge in [0.05, 0.1) is 11.1 Å². The smallest absolute Gasteiger partial charge is 0.343 e. The van der Waals surface area contributed by atoms with Crippen LogP contribution in [0.5, 0.6) is 11.5 Å². The zero-order chi connectivity index (χ0) is 23.9. The van der Waals surface area contributed by atoms with E-state index in [1.54, 1.807) is 42.5 Å². The molecule has 0 heterocycles. The lowest BCUT2D eigenvalue weighted by atomic mass is 10.0. The molecule has 0 saturated heterocycles. The van der Waals surface area contributed by atoms with Crippen LogP contribution in [0.15, 0.2) is 110 Å². The molecule has 0 atom stereocenters. The van der Waals surface area contributed by atoms with Crippen molar-refractivity contribution in [2.45, 2.75) is 12.8 Å². The number of allylic oxidation sites excluding steroid dienone is 2. The van der Waals surface area contributed by atoms with Crippen molar-refractivity contribution in [3.05, 3.63) is 132 Å². The van der Waals surface area contributed by atoms with E-state index in [1.165, 1.54) is 6.07 Å². The highest BCUT2D eigenvalue weighted by Gasteiger charge is 2.16. The van der Waals surface area contributed by atoms with Crippen LogP contribution in [-0.4, -0.2) is 11.9 Å². The summed E-state index contributed by atoms with van der Waals surface area (Å²) in [6.07, 6.45) is 4.65. The van der Waals surface area contributed by atoms with E-state index in [0.29, 0.717) is 24.3 Å². The van der Waals surface area contributed by atoms with E-state index in [2.05, 4.69) is 13.2 Å². The lowest BCUT2D eigenvalue weighted by Crippen LogP contribution is -2.13. The standard InChI is InChI=1S/C30H24O4/c1-3-10-21-12-7-8-17-27(21)33-29(31)25-15-9-16-26(19-25)30(32)34-28-20-23-14-6-5-13-22(23)18-24(28)11-4-2/h3-9,12-20H,1-2,10-11H2. The molecule has 4 aromatic rings. The van der Waals surface area contributed by atoms with E-state index in [-0.39, 0.29) is 11.1 Å². The van der Waals surface area contributed by atoms with Crippen molar-refractivity contribution in [2.75, 3.05) is 0 Å². The first-order chi connectivity index (χ1) is 16.6. The minimum Gasteiger partial charge on any atom is -0.423 e. The maximum absolute atomic E-state index is 13.0. The first-order valence-corrected chi connectivity index (χ1v) is 10.9. The fraction of sp³-hybridized carbons (Fsp3) is 0.0667. The Morgan fingerprint density at radius 3 is 1.85 bits per heavy atom. The van der Waals surface area contributed by atoms with Gasteiger partial charge in [0.1, 0.15) is 11.5 Å². The number of carbonyl (C=O) groups is 2. The molecule has 0 bridgehead atoms. The first-order valence-electron chi connectivity index (χ1n) is 10.9. The predicted octanol–water partition coefficient (Wildman–Crippen LogP) is 6.74. The van der Waals surface area contributed by atoms with Gasteiger partial charge < -0.3 is 9.47 Å². The summed E-state index contributed by atoms with van der Waals surface area (Å²) in [5.74, 6) is -0.174. The van der Waals surface area contributed by atoms with Crippen LogP contribution in [0.3, 0.4) is 0 Å². The molecule has 0 aliphatic heterocycles. The molecule has 34 heavy (non-hydrogen) atoms. The van der Waals surface area contributed by atoms with E-state index in [9.17, 15) is 9.59 Å². The lowest BCUT2D eigenvalue weighted by molar-refractivity contribution is 0.0733. The van der Waals surface area contributed by atoms with Crippen molar-refractivity contribution in [1.82, 2.24) is 0 Å². The molecule has 0 fully saturated rings. The van der Waals surface area contributed by atoms with Gasteiger partial charge in [-0.25, -0.2) is 9.59 Å². The Bertz CT molecular complexity index is 1380. The predicted molar refractivity (Wildman–Crippen MR) is 135 cm³/mol. The van der Waals surface area contributed by atoms with Gasteiger partial charge in [0.15, 0.2) is 0 Å². The quantitative estimate of drug-likeness (QED) is 0.170. The number of esters is 2. The highest BCUT2D eigenvalue weighted by Crippen LogP contribution is 2.28. The molecule has 0 saturated carbocycles. The van der Waals surface area contributed by atoms with Crippen LogP contribution in [0.4, 0.5) is 0 Å². The molecule has 4 aromatic carbocycles. The van der Waals surface area contributed by atoms with Gasteiger partial charge in [-0.2, -0.15) is 0 Å². The Morgan fingerprint density at radius 1 is 0.618 bits per heavy atom. The van der Waals surface area contributed by atoms with Crippen LogP contribution in [-0.2, 0) is 12.8 Å². The summed E-state index contributed by atoms with van der Waals surface area (Å²) in [5.41, 5.74) is 2.23. The van der Waals surface area contributed by atoms with Gasteiger partial charge in [-0.1, -0.05) is 60.7 Å². The van der Waals surface area contributed by atoms with Crippen LogP contribution in [0, 0.1) is 0 Å². The van der Waals surface area contributed by atoms with Gasteiger partial charge in [0.25, 0.3) is 0 Å². The SMILES string of the molecule is C=CCc1ccccc1OC(=O)c1cccc(C(=O)Oc2cc3ccccc3cc2CC=C)c1. The van der Waals surface area contributed by atoms with Crippen molar-refractivity contribution in [1.29, 1.82) is 0 Å². The van der Waals surface area contributed by atoms with Gasteiger partial charge in [0.2, 0.25) is 0 Å². The molecule has 0 spiro atoms. The Balaban J connectivity index is 1.57. The third kappa shape index (κ3) is 5.13. The minimum absolute atomic E-state index is 0.256. The Labute approximate surface area is 198 Å². The second-order valence-corrected chi connectivity index (χ2v) is 7.76. The number of ether oxygens (including phenoxy) is 2. The van der Waals surface area contributed by atoms with Gasteiger partial charge in [-0.15, -0.1) is 13.2 Å². The van der Waals surface area contributed by atoms with E-state index in [0.717, 1.165) is 21.9 Å². The highest BCUT2D eigenvalue weighted by atomic mass is 16.5. The van der Waals surface area contributed by atoms with Gasteiger partial charge in [0, 0.05) is 0 Å². The average molecular weight is 449 g/mol. The number of rotatable bonds is 8. The second-order valence-electron chi connectivity index (χ2n) is 7.76. The van der Waals surface area contributed by atoms with Gasteiger partial charge in [-0.05, 0) is 71.1 Å². The number of benzene rings is 4. The van der Waals surface area contributed by atoms with Crippen LogP contribution >= 0.6 is 0 Å². The molecule has 168 valence electrons. The summed E-state index contributed by atoms with van der Waals surface area (Å²) < 4.78 is 11.3. The number of fused-ring (bicyclic) bond motifs is 1. The third-order valence-corrected chi connectivity index (χ3v) is 5.37. The third-order valence-electron chi connectivity index (χ3n) is 5.37. The zero-order valence-corrected chi connectivity index (χ0v) is 18.7. The van der Waals surface area contributed by atoms with Crippen molar-refractivity contribution in [2.24, 2.45) is 0 Å². The largest absolute Gasteiger partial charge is 0.423 e. The molecule has 0 radical (unpaired) electrons. The molecule has 4 rings (SSSR count). The molecule has 0 aliphatic carbocycles. The maximum atomic E-state index is 13.0. The second kappa shape index (κ2) is 10.5. The highest BCUT2D eigenvalue weighted by molar-refractivity contribution is 5.97. The summed E-state index contributed by atoms with van der Waals surface area (Å²) in [5, 5.41) is 2.02. The Kier molecular flexibility index (Phi) is 6.99. The monoisotopic (exact) mass is 448 g/mol. The molecule has 0 aromatic heterocycles. The van der Waals surface area contributed by atoms with Gasteiger partial charge >= 0.3 is 11.9 Å². The van der Waals surface area contributed by atoms with Crippen LogP contribution < -0.4 is 9.47 Å². The molecular weight excluding hydrogens is 424 g/mol. The summed E-state index contributed by atoms with van der Waals surface area (Å²) >= 11 is 0. The molecule has 0 N–H and O–H groups in total. The van der Waals surface area contributed by atoms with Crippen LogP contribution in [0.1, 0.15) is 31.8 Å². The van der Waals surface area contributed by atoms with Crippen LogP contribution in [0.2, 0.25) is 0 Å². The molecule has 0 unspecified atom stereocenters. The summed E-state index contributed by atoms with van der Waals surface area (Å²) in [6.45, 7) is 7.54. The van der Waals surface area contributed by atoms with Crippen molar-refractivity contribution >= 4 is 22.7 Å². The maximum Gasteiger partial charge on any atom is 0.343 e. The van der Waals surface area contributed by atoms with E-state index in [1.807, 2.05) is 48.5 Å². The summed E-state index contributed by atoms with van der Waals surface area (Å²) in [4.78, 5) is 25.7. The van der Waals surface area contributed by atoms with E-state index < -0.39 is 11.9 Å². The number of hydrogen-bond donors (Lipinski definition) is 0. The summed E-state index contributed by atoms with van der Waals surface area (Å²) in [6, 6.07) is 25.3. The molecule has 0 aliphatic rings. The van der Waals surface area contributed by atoms with Crippen molar-refractivity contribution in [3.63, 3.8) is 0 Å². The molecule has 4 nitrogen and oxygen atoms in total. The topological polar surface area (TPSA) is 52.6 Å². The summed E-state index contributed by atoms with van der Waals surface area (Å²) in [7, 11) is 0. The van der Waals surface area contributed by atoms with Crippen LogP contribution in [0.25, 0.3) is 10.8 Å².